The van der Waals surface area contributed by atoms with E-state index in [0.29, 0.717) is 31.3 Å². The van der Waals surface area contributed by atoms with E-state index in [1.807, 2.05) is 6.92 Å². The number of amides is 2. The summed E-state index contributed by atoms with van der Waals surface area (Å²) in [6, 6.07) is -0.824. The van der Waals surface area contributed by atoms with Crippen LogP contribution in [0.25, 0.3) is 0 Å². The summed E-state index contributed by atoms with van der Waals surface area (Å²) in [4.78, 5) is 26.8. The molecule has 0 aromatic carbocycles. The van der Waals surface area contributed by atoms with Gasteiger partial charge in [0.2, 0.25) is 0 Å². The van der Waals surface area contributed by atoms with Crippen LogP contribution in [0, 0.1) is 11.8 Å². The molecule has 1 aliphatic heterocycles. The standard InChI is InChI=1S/C14H26N2O3/c1-5-10(2)9-15(4)14(19)16-7-6-11(3)8-12(16)13(17)18/h10-12H,5-9H2,1-4H3,(H,17,18). The third kappa shape index (κ3) is 4.11. The molecule has 1 rings (SSSR count). The number of carbonyl (C=O) groups is 2. The van der Waals surface area contributed by atoms with Gasteiger partial charge >= 0.3 is 12.0 Å². The molecule has 3 atom stereocenters. The van der Waals surface area contributed by atoms with Crippen LogP contribution in [0.15, 0.2) is 0 Å². The van der Waals surface area contributed by atoms with Crippen molar-refractivity contribution in [2.24, 2.45) is 11.8 Å². The predicted octanol–water partition coefficient (Wildman–Crippen LogP) is 2.27. The quantitative estimate of drug-likeness (QED) is 0.852. The van der Waals surface area contributed by atoms with Crippen LogP contribution in [0.1, 0.15) is 40.0 Å². The molecule has 19 heavy (non-hydrogen) atoms. The molecule has 1 fully saturated rings. The number of carboxylic acids is 1. The molecule has 0 saturated carbocycles. The van der Waals surface area contributed by atoms with Crippen molar-refractivity contribution in [3.63, 3.8) is 0 Å². The average Bonchev–Trinajstić information content (AvgIpc) is 2.37. The Bertz CT molecular complexity index is 333. The van der Waals surface area contributed by atoms with Crippen LogP contribution < -0.4 is 0 Å². The summed E-state index contributed by atoms with van der Waals surface area (Å²) in [6.07, 6.45) is 2.45. The minimum absolute atomic E-state index is 0.153. The molecular weight excluding hydrogens is 244 g/mol. The van der Waals surface area contributed by atoms with Crippen molar-refractivity contribution in [3.05, 3.63) is 0 Å². The summed E-state index contributed by atoms with van der Waals surface area (Å²) < 4.78 is 0. The van der Waals surface area contributed by atoms with Gasteiger partial charge in [0.05, 0.1) is 0 Å². The van der Waals surface area contributed by atoms with Gasteiger partial charge in [0.1, 0.15) is 6.04 Å². The number of likely N-dealkylation sites (tertiary alicyclic amines) is 1. The van der Waals surface area contributed by atoms with Gasteiger partial charge in [0.25, 0.3) is 0 Å². The number of piperidine rings is 1. The Kier molecular flexibility index (Phi) is 5.63. The van der Waals surface area contributed by atoms with Gasteiger partial charge in [-0.15, -0.1) is 0 Å². The van der Waals surface area contributed by atoms with Crippen LogP contribution in [0.4, 0.5) is 4.79 Å². The van der Waals surface area contributed by atoms with Crippen LogP contribution in [-0.4, -0.2) is 53.1 Å². The van der Waals surface area contributed by atoms with Crippen LogP contribution in [0.2, 0.25) is 0 Å². The van der Waals surface area contributed by atoms with Crippen molar-refractivity contribution >= 4 is 12.0 Å². The average molecular weight is 270 g/mol. The lowest BCUT2D eigenvalue weighted by Gasteiger charge is -2.38. The molecule has 0 spiro atoms. The van der Waals surface area contributed by atoms with Crippen molar-refractivity contribution in [3.8, 4) is 0 Å². The summed E-state index contributed by atoms with van der Waals surface area (Å²) in [5, 5.41) is 9.27. The third-order valence-corrected chi connectivity index (χ3v) is 4.00. The normalized spacial score (nSPS) is 24.9. The minimum Gasteiger partial charge on any atom is -0.480 e. The summed E-state index contributed by atoms with van der Waals surface area (Å²) >= 11 is 0. The minimum atomic E-state index is -0.892. The highest BCUT2D eigenvalue weighted by molar-refractivity contribution is 5.82. The summed E-state index contributed by atoms with van der Waals surface area (Å²) in [5.41, 5.74) is 0. The van der Waals surface area contributed by atoms with Gasteiger partial charge in [0.15, 0.2) is 0 Å². The summed E-state index contributed by atoms with van der Waals surface area (Å²) in [6.45, 7) is 7.44. The molecule has 1 aliphatic rings. The first-order valence-corrected chi connectivity index (χ1v) is 7.11. The van der Waals surface area contributed by atoms with Crippen molar-refractivity contribution in [2.75, 3.05) is 20.1 Å². The van der Waals surface area contributed by atoms with Crippen molar-refractivity contribution in [1.82, 2.24) is 9.80 Å². The first-order valence-electron chi connectivity index (χ1n) is 7.11. The number of nitrogens with zero attached hydrogens (tertiary/aromatic N) is 2. The predicted molar refractivity (Wildman–Crippen MR) is 74.0 cm³/mol. The molecule has 0 bridgehead atoms. The number of rotatable bonds is 4. The summed E-state index contributed by atoms with van der Waals surface area (Å²) in [7, 11) is 1.76. The largest absolute Gasteiger partial charge is 0.480 e. The monoisotopic (exact) mass is 270 g/mol. The van der Waals surface area contributed by atoms with E-state index in [0.717, 1.165) is 12.8 Å². The van der Waals surface area contributed by atoms with Gasteiger partial charge in [-0.2, -0.15) is 0 Å². The number of aliphatic carboxylic acids is 1. The van der Waals surface area contributed by atoms with E-state index >= 15 is 0 Å². The molecule has 3 unspecified atom stereocenters. The number of carboxylic acid groups (broad SMARTS) is 1. The fraction of sp³-hybridized carbons (Fsp3) is 0.857. The SMILES string of the molecule is CCC(C)CN(C)C(=O)N1CCC(C)CC1C(=O)O. The van der Waals surface area contributed by atoms with E-state index in [1.54, 1.807) is 11.9 Å². The molecule has 0 aromatic rings. The maximum Gasteiger partial charge on any atom is 0.326 e. The van der Waals surface area contributed by atoms with Gasteiger partial charge < -0.3 is 14.9 Å². The van der Waals surface area contributed by atoms with Crippen molar-refractivity contribution in [1.29, 1.82) is 0 Å². The van der Waals surface area contributed by atoms with Crippen LogP contribution in [-0.2, 0) is 4.79 Å². The Morgan fingerprint density at radius 1 is 1.47 bits per heavy atom. The molecule has 0 radical (unpaired) electrons. The zero-order valence-electron chi connectivity index (χ0n) is 12.4. The molecule has 1 heterocycles. The van der Waals surface area contributed by atoms with E-state index in [2.05, 4.69) is 13.8 Å². The van der Waals surface area contributed by atoms with Crippen LogP contribution in [0.5, 0.6) is 0 Å². The molecule has 1 saturated heterocycles. The number of carbonyl (C=O) groups excluding carboxylic acids is 1. The third-order valence-electron chi connectivity index (χ3n) is 4.00. The highest BCUT2D eigenvalue weighted by atomic mass is 16.4. The molecule has 5 heteroatoms. The van der Waals surface area contributed by atoms with Gasteiger partial charge in [0, 0.05) is 20.1 Å². The Labute approximate surface area is 115 Å². The highest BCUT2D eigenvalue weighted by Crippen LogP contribution is 2.23. The fourth-order valence-electron chi connectivity index (χ4n) is 2.50. The van der Waals surface area contributed by atoms with E-state index in [1.165, 1.54) is 4.90 Å². The highest BCUT2D eigenvalue weighted by Gasteiger charge is 2.36. The van der Waals surface area contributed by atoms with Gasteiger partial charge in [-0.25, -0.2) is 9.59 Å². The molecule has 5 nitrogen and oxygen atoms in total. The lowest BCUT2D eigenvalue weighted by Crippen LogP contribution is -2.54. The number of hydrogen-bond donors (Lipinski definition) is 1. The number of urea groups is 1. The van der Waals surface area contributed by atoms with Crippen LogP contribution in [0.3, 0.4) is 0 Å². The molecule has 0 aromatic heterocycles. The second-order valence-electron chi connectivity index (χ2n) is 5.85. The zero-order chi connectivity index (χ0) is 14.6. The first-order chi connectivity index (χ1) is 8.86. The van der Waals surface area contributed by atoms with E-state index in [9.17, 15) is 14.7 Å². The fourth-order valence-corrected chi connectivity index (χ4v) is 2.50. The Morgan fingerprint density at radius 3 is 2.63 bits per heavy atom. The van der Waals surface area contributed by atoms with Crippen LogP contribution >= 0.6 is 0 Å². The number of hydrogen-bond acceptors (Lipinski definition) is 2. The van der Waals surface area contributed by atoms with E-state index in [-0.39, 0.29) is 6.03 Å². The Hall–Kier alpha value is -1.26. The first kappa shape index (κ1) is 15.8. The maximum absolute atomic E-state index is 12.4. The molecule has 1 N–H and O–H groups in total. The molecule has 110 valence electrons. The summed E-state index contributed by atoms with van der Waals surface area (Å²) in [5.74, 6) is -0.0946. The lowest BCUT2D eigenvalue weighted by molar-refractivity contribution is -0.144. The van der Waals surface area contributed by atoms with Crippen molar-refractivity contribution in [2.45, 2.75) is 46.1 Å². The molecule has 0 aliphatic carbocycles. The second kappa shape index (κ2) is 6.78. The van der Waals surface area contributed by atoms with Gasteiger partial charge in [-0.05, 0) is 24.7 Å². The molecular formula is C14H26N2O3. The van der Waals surface area contributed by atoms with E-state index in [4.69, 9.17) is 0 Å². The smallest absolute Gasteiger partial charge is 0.326 e. The Morgan fingerprint density at radius 2 is 2.11 bits per heavy atom. The molecule has 2 amide bonds. The van der Waals surface area contributed by atoms with Gasteiger partial charge in [-0.3, -0.25) is 0 Å². The second-order valence-corrected chi connectivity index (χ2v) is 5.85. The zero-order valence-corrected chi connectivity index (χ0v) is 12.4. The maximum atomic E-state index is 12.4. The lowest BCUT2D eigenvalue weighted by atomic mass is 9.92. The topological polar surface area (TPSA) is 60.9 Å². The van der Waals surface area contributed by atoms with Gasteiger partial charge in [-0.1, -0.05) is 27.2 Å². The van der Waals surface area contributed by atoms with Crippen molar-refractivity contribution < 1.29 is 14.7 Å². The van der Waals surface area contributed by atoms with E-state index < -0.39 is 12.0 Å². The Balaban J connectivity index is 2.70.